The topological polar surface area (TPSA) is 38.0 Å². The van der Waals surface area contributed by atoms with E-state index in [0.29, 0.717) is 0 Å². The largest absolute Gasteiger partial charge is 0.382 e. The van der Waals surface area contributed by atoms with Crippen LogP contribution in [-0.4, -0.2) is 14.9 Å². The normalized spacial score (nSPS) is 12.6. The van der Waals surface area contributed by atoms with Gasteiger partial charge in [-0.3, -0.25) is 4.68 Å². The molecule has 0 spiro atoms. The minimum absolute atomic E-state index is 0.593. The number of benzene rings is 1. The molecule has 1 N–H and O–H groups in total. The second-order valence-electron chi connectivity index (χ2n) is 4.48. The van der Waals surface area contributed by atoms with Crippen molar-refractivity contribution in [2.24, 2.45) is 0 Å². The van der Waals surface area contributed by atoms with Crippen molar-refractivity contribution >= 4 is 0 Å². The maximum absolute atomic E-state index is 10.4. The van der Waals surface area contributed by atoms with E-state index in [4.69, 9.17) is 0 Å². The first-order valence-electron chi connectivity index (χ1n) is 6.54. The van der Waals surface area contributed by atoms with Gasteiger partial charge in [0.2, 0.25) is 0 Å². The fourth-order valence-corrected chi connectivity index (χ4v) is 2.08. The molecule has 0 amide bonds. The van der Waals surface area contributed by atoms with Gasteiger partial charge >= 0.3 is 0 Å². The van der Waals surface area contributed by atoms with Gasteiger partial charge in [0.05, 0.1) is 5.69 Å². The van der Waals surface area contributed by atoms with Crippen LogP contribution < -0.4 is 0 Å². The molecule has 96 valence electrons. The van der Waals surface area contributed by atoms with Crippen molar-refractivity contribution in [2.75, 3.05) is 0 Å². The summed E-state index contributed by atoms with van der Waals surface area (Å²) in [4.78, 5) is 0. The minimum Gasteiger partial charge on any atom is -0.382 e. The molecule has 0 saturated carbocycles. The first-order chi connectivity index (χ1) is 8.76. The quantitative estimate of drug-likeness (QED) is 0.878. The molecule has 3 heteroatoms. The molecular weight excluding hydrogens is 224 g/mol. The van der Waals surface area contributed by atoms with Gasteiger partial charge in [-0.25, -0.2) is 0 Å². The second kappa shape index (κ2) is 5.83. The van der Waals surface area contributed by atoms with Crippen molar-refractivity contribution in [3.05, 3.63) is 53.3 Å². The average molecular weight is 244 g/mol. The van der Waals surface area contributed by atoms with Crippen LogP contribution in [0.15, 0.2) is 36.5 Å². The summed E-state index contributed by atoms with van der Waals surface area (Å²) in [5.74, 6) is 0. The van der Waals surface area contributed by atoms with Gasteiger partial charge in [-0.15, -0.1) is 0 Å². The van der Waals surface area contributed by atoms with Crippen LogP contribution in [0.5, 0.6) is 0 Å². The Bertz CT molecular complexity index is 487. The first kappa shape index (κ1) is 12.8. The number of hydrogen-bond donors (Lipinski definition) is 1. The molecule has 1 heterocycles. The minimum atomic E-state index is -0.593. The Hall–Kier alpha value is -1.61. The van der Waals surface area contributed by atoms with Gasteiger partial charge in [-0.05, 0) is 30.0 Å². The molecule has 1 aromatic carbocycles. The smallest absolute Gasteiger partial charge is 0.121 e. The summed E-state index contributed by atoms with van der Waals surface area (Å²) in [6.07, 6.45) is 3.18. The van der Waals surface area contributed by atoms with Crippen LogP contribution >= 0.6 is 0 Å². The third kappa shape index (κ3) is 2.62. The van der Waals surface area contributed by atoms with Gasteiger partial charge in [0.25, 0.3) is 0 Å². The maximum atomic E-state index is 10.4. The summed E-state index contributed by atoms with van der Waals surface area (Å²) in [6, 6.07) is 10.0. The molecule has 0 aliphatic carbocycles. The Morgan fingerprint density at radius 1 is 1.17 bits per heavy atom. The maximum Gasteiger partial charge on any atom is 0.121 e. The van der Waals surface area contributed by atoms with E-state index in [9.17, 15) is 5.11 Å². The molecule has 1 unspecified atom stereocenters. The SMILES string of the molecule is CCCn1nccc1C(O)c1ccc(CC)cc1. The lowest BCUT2D eigenvalue weighted by atomic mass is 10.0. The van der Waals surface area contributed by atoms with Gasteiger partial charge in [0.15, 0.2) is 0 Å². The molecular formula is C15H20N2O. The third-order valence-electron chi connectivity index (χ3n) is 3.17. The van der Waals surface area contributed by atoms with Crippen molar-refractivity contribution in [1.29, 1.82) is 0 Å². The van der Waals surface area contributed by atoms with Crippen LogP contribution in [0.1, 0.15) is 43.2 Å². The number of aryl methyl sites for hydroxylation is 2. The molecule has 3 nitrogen and oxygen atoms in total. The van der Waals surface area contributed by atoms with Crippen LogP contribution in [0, 0.1) is 0 Å². The predicted molar refractivity (Wildman–Crippen MR) is 72.4 cm³/mol. The molecule has 0 radical (unpaired) electrons. The highest BCUT2D eigenvalue weighted by atomic mass is 16.3. The summed E-state index contributed by atoms with van der Waals surface area (Å²) in [5, 5.41) is 14.6. The highest BCUT2D eigenvalue weighted by Crippen LogP contribution is 2.22. The zero-order valence-electron chi connectivity index (χ0n) is 11.0. The molecule has 0 fully saturated rings. The number of aliphatic hydroxyl groups excluding tert-OH is 1. The summed E-state index contributed by atoms with van der Waals surface area (Å²) in [6.45, 7) is 5.07. The molecule has 0 bridgehead atoms. The Balaban J connectivity index is 2.23. The van der Waals surface area contributed by atoms with Crippen molar-refractivity contribution in [2.45, 2.75) is 39.3 Å². The zero-order chi connectivity index (χ0) is 13.0. The van der Waals surface area contributed by atoms with Gasteiger partial charge in [0.1, 0.15) is 6.10 Å². The van der Waals surface area contributed by atoms with E-state index in [0.717, 1.165) is 30.6 Å². The average Bonchev–Trinajstić information content (AvgIpc) is 2.87. The summed E-state index contributed by atoms with van der Waals surface area (Å²) >= 11 is 0. The van der Waals surface area contributed by atoms with Crippen molar-refractivity contribution in [3.63, 3.8) is 0 Å². The van der Waals surface area contributed by atoms with Gasteiger partial charge in [-0.2, -0.15) is 5.10 Å². The van der Waals surface area contributed by atoms with E-state index in [2.05, 4.69) is 31.1 Å². The number of nitrogens with zero attached hydrogens (tertiary/aromatic N) is 2. The number of rotatable bonds is 5. The highest BCUT2D eigenvalue weighted by molar-refractivity contribution is 5.28. The number of hydrogen-bond acceptors (Lipinski definition) is 2. The molecule has 2 rings (SSSR count). The van der Waals surface area contributed by atoms with Crippen molar-refractivity contribution < 1.29 is 5.11 Å². The first-order valence-corrected chi connectivity index (χ1v) is 6.54. The number of aliphatic hydroxyl groups is 1. The second-order valence-corrected chi connectivity index (χ2v) is 4.48. The Kier molecular flexibility index (Phi) is 4.15. The predicted octanol–water partition coefficient (Wildman–Crippen LogP) is 2.94. The van der Waals surface area contributed by atoms with E-state index in [1.54, 1.807) is 6.20 Å². The van der Waals surface area contributed by atoms with E-state index in [1.165, 1.54) is 5.56 Å². The fraction of sp³-hybridized carbons (Fsp3) is 0.400. The van der Waals surface area contributed by atoms with Crippen LogP contribution in [0.25, 0.3) is 0 Å². The van der Waals surface area contributed by atoms with Crippen molar-refractivity contribution in [3.8, 4) is 0 Å². The fourth-order valence-electron chi connectivity index (χ4n) is 2.08. The third-order valence-corrected chi connectivity index (χ3v) is 3.17. The Morgan fingerprint density at radius 3 is 2.50 bits per heavy atom. The van der Waals surface area contributed by atoms with E-state index in [-0.39, 0.29) is 0 Å². The highest BCUT2D eigenvalue weighted by Gasteiger charge is 2.14. The lowest BCUT2D eigenvalue weighted by molar-refractivity contribution is 0.207. The Labute approximate surface area is 108 Å². The molecule has 0 aliphatic heterocycles. The lowest BCUT2D eigenvalue weighted by Crippen LogP contribution is -2.10. The molecule has 1 atom stereocenters. The number of aromatic nitrogens is 2. The molecule has 0 saturated heterocycles. The van der Waals surface area contributed by atoms with Crippen LogP contribution in [0.2, 0.25) is 0 Å². The summed E-state index contributed by atoms with van der Waals surface area (Å²) in [5.41, 5.74) is 3.07. The van der Waals surface area contributed by atoms with Crippen LogP contribution in [0.4, 0.5) is 0 Å². The standard InChI is InChI=1S/C15H20N2O/c1-3-11-17-14(9-10-16-17)15(18)13-7-5-12(4-2)6-8-13/h5-10,15,18H,3-4,11H2,1-2H3. The van der Waals surface area contributed by atoms with E-state index in [1.807, 2.05) is 22.9 Å². The van der Waals surface area contributed by atoms with Crippen molar-refractivity contribution in [1.82, 2.24) is 9.78 Å². The lowest BCUT2D eigenvalue weighted by Gasteiger charge is -2.13. The summed E-state index contributed by atoms with van der Waals surface area (Å²) in [7, 11) is 0. The molecule has 18 heavy (non-hydrogen) atoms. The molecule has 2 aromatic rings. The Morgan fingerprint density at radius 2 is 1.89 bits per heavy atom. The zero-order valence-corrected chi connectivity index (χ0v) is 11.0. The molecule has 0 aliphatic rings. The van der Waals surface area contributed by atoms with Gasteiger partial charge < -0.3 is 5.11 Å². The monoisotopic (exact) mass is 244 g/mol. The summed E-state index contributed by atoms with van der Waals surface area (Å²) < 4.78 is 1.87. The molecule has 1 aromatic heterocycles. The van der Waals surface area contributed by atoms with E-state index < -0.39 is 6.10 Å². The van der Waals surface area contributed by atoms with Gasteiger partial charge in [-0.1, -0.05) is 38.1 Å². The van der Waals surface area contributed by atoms with E-state index >= 15 is 0 Å². The van der Waals surface area contributed by atoms with Gasteiger partial charge in [0, 0.05) is 12.7 Å². The van der Waals surface area contributed by atoms with Crippen LogP contribution in [-0.2, 0) is 13.0 Å². The van der Waals surface area contributed by atoms with Crippen LogP contribution in [0.3, 0.4) is 0 Å².